The van der Waals surface area contributed by atoms with Gasteiger partial charge in [0.05, 0.1) is 22.0 Å². The first kappa shape index (κ1) is 29.2. The summed E-state index contributed by atoms with van der Waals surface area (Å²) in [4.78, 5) is 28.1. The number of hydrogen-bond donors (Lipinski definition) is 1. The van der Waals surface area contributed by atoms with Crippen LogP contribution in [0.3, 0.4) is 0 Å². The van der Waals surface area contributed by atoms with Crippen LogP contribution in [0.15, 0.2) is 42.5 Å². The Bertz CT molecular complexity index is 1170. The van der Waals surface area contributed by atoms with E-state index >= 15 is 0 Å². The van der Waals surface area contributed by atoms with Gasteiger partial charge in [-0.1, -0.05) is 53.9 Å². The minimum absolute atomic E-state index is 0.0883. The SMILES string of the molecule is CCC(C(=O)NC(C)(C)C)N(Cc1ccc(Cl)cc1)C(=O)CN(c1ccc(Cl)c(Cl)c1)S(C)(=O)=O. The Hall–Kier alpha value is -2.00. The molecule has 11 heteroatoms. The van der Waals surface area contributed by atoms with Gasteiger partial charge in [0.25, 0.3) is 0 Å². The van der Waals surface area contributed by atoms with E-state index < -0.39 is 34.1 Å². The van der Waals surface area contributed by atoms with Gasteiger partial charge in [0.2, 0.25) is 21.8 Å². The number of benzene rings is 2. The van der Waals surface area contributed by atoms with Crippen molar-refractivity contribution in [2.75, 3.05) is 17.1 Å². The van der Waals surface area contributed by atoms with Crippen molar-refractivity contribution >= 4 is 62.3 Å². The number of sulfonamides is 1. The summed E-state index contributed by atoms with van der Waals surface area (Å²) < 4.78 is 26.2. The molecule has 0 bridgehead atoms. The van der Waals surface area contributed by atoms with Crippen LogP contribution < -0.4 is 9.62 Å². The smallest absolute Gasteiger partial charge is 0.244 e. The molecule has 2 amide bonds. The zero-order valence-corrected chi connectivity index (χ0v) is 23.4. The third kappa shape index (κ3) is 8.56. The van der Waals surface area contributed by atoms with Gasteiger partial charge in [-0.3, -0.25) is 13.9 Å². The maximum Gasteiger partial charge on any atom is 0.244 e. The molecule has 1 N–H and O–H groups in total. The van der Waals surface area contributed by atoms with E-state index in [9.17, 15) is 18.0 Å². The molecule has 2 rings (SSSR count). The van der Waals surface area contributed by atoms with Crippen LogP contribution in [0.2, 0.25) is 15.1 Å². The topological polar surface area (TPSA) is 86.8 Å². The normalized spacial score (nSPS) is 12.7. The standard InChI is InChI=1S/C24H30Cl3N3O4S/c1-6-21(23(32)28-24(2,3)4)29(14-16-7-9-17(25)10-8-16)22(31)15-30(35(5,33)34)18-11-12-19(26)20(27)13-18/h7-13,21H,6,14-15H2,1-5H3,(H,28,32). The fraction of sp³-hybridized carbons (Fsp3) is 0.417. The molecule has 1 atom stereocenters. The lowest BCUT2D eigenvalue weighted by Crippen LogP contribution is -2.55. The number of hydrogen-bond acceptors (Lipinski definition) is 4. The van der Waals surface area contributed by atoms with Crippen molar-refractivity contribution in [1.29, 1.82) is 0 Å². The minimum Gasteiger partial charge on any atom is -0.350 e. The van der Waals surface area contributed by atoms with E-state index in [0.717, 1.165) is 16.1 Å². The quantitative estimate of drug-likeness (QED) is 0.459. The number of nitrogens with zero attached hydrogens (tertiary/aromatic N) is 2. The molecule has 0 aliphatic carbocycles. The summed E-state index contributed by atoms with van der Waals surface area (Å²) >= 11 is 18.1. The summed E-state index contributed by atoms with van der Waals surface area (Å²) in [5.74, 6) is -0.880. The highest BCUT2D eigenvalue weighted by Gasteiger charge is 2.33. The van der Waals surface area contributed by atoms with Crippen LogP contribution in [0.1, 0.15) is 39.7 Å². The molecule has 7 nitrogen and oxygen atoms in total. The van der Waals surface area contributed by atoms with Crippen LogP contribution in [0.5, 0.6) is 0 Å². The first-order valence-electron chi connectivity index (χ1n) is 10.9. The van der Waals surface area contributed by atoms with Gasteiger partial charge in [-0.15, -0.1) is 0 Å². The average molecular weight is 563 g/mol. The second kappa shape index (κ2) is 11.8. The summed E-state index contributed by atoms with van der Waals surface area (Å²) in [6, 6.07) is 10.4. The van der Waals surface area contributed by atoms with Gasteiger partial charge in [0.1, 0.15) is 12.6 Å². The molecule has 0 radical (unpaired) electrons. The number of carbonyl (C=O) groups is 2. The monoisotopic (exact) mass is 561 g/mol. The molecule has 0 fully saturated rings. The van der Waals surface area contributed by atoms with E-state index in [1.54, 1.807) is 31.2 Å². The molecule has 0 saturated carbocycles. The van der Waals surface area contributed by atoms with Gasteiger partial charge in [0.15, 0.2) is 0 Å². The molecule has 192 valence electrons. The lowest BCUT2D eigenvalue weighted by atomic mass is 10.1. The van der Waals surface area contributed by atoms with Crippen LogP contribution in [-0.2, 0) is 26.2 Å². The van der Waals surface area contributed by atoms with Crippen LogP contribution >= 0.6 is 34.8 Å². The van der Waals surface area contributed by atoms with E-state index in [1.807, 2.05) is 20.8 Å². The van der Waals surface area contributed by atoms with Crippen LogP contribution in [-0.4, -0.2) is 49.5 Å². The molecule has 0 aromatic heterocycles. The highest BCUT2D eigenvalue weighted by Crippen LogP contribution is 2.29. The lowest BCUT2D eigenvalue weighted by Gasteiger charge is -2.34. The van der Waals surface area contributed by atoms with Gasteiger partial charge in [-0.25, -0.2) is 8.42 Å². The van der Waals surface area contributed by atoms with Gasteiger partial charge in [-0.2, -0.15) is 0 Å². The van der Waals surface area contributed by atoms with E-state index in [2.05, 4.69) is 5.32 Å². The number of halogens is 3. The van der Waals surface area contributed by atoms with Crippen LogP contribution in [0, 0.1) is 0 Å². The van der Waals surface area contributed by atoms with E-state index in [4.69, 9.17) is 34.8 Å². The molecule has 0 aliphatic rings. The molecular weight excluding hydrogens is 533 g/mol. The van der Waals surface area contributed by atoms with Crippen molar-refractivity contribution in [2.45, 2.75) is 52.2 Å². The van der Waals surface area contributed by atoms with E-state index in [1.165, 1.54) is 23.1 Å². The first-order chi connectivity index (χ1) is 16.1. The third-order valence-corrected chi connectivity index (χ3v) is 7.15. The van der Waals surface area contributed by atoms with Gasteiger partial charge in [-0.05, 0) is 63.1 Å². The summed E-state index contributed by atoms with van der Waals surface area (Å²) in [5.41, 5.74) is 0.414. The molecule has 0 saturated heterocycles. The molecule has 0 aliphatic heterocycles. The summed E-state index contributed by atoms with van der Waals surface area (Å²) in [6.07, 6.45) is 1.32. The Kier molecular flexibility index (Phi) is 9.87. The highest BCUT2D eigenvalue weighted by atomic mass is 35.5. The largest absolute Gasteiger partial charge is 0.350 e. The Morgan fingerprint density at radius 3 is 2.09 bits per heavy atom. The van der Waals surface area contributed by atoms with Gasteiger partial charge in [0, 0.05) is 17.1 Å². The van der Waals surface area contributed by atoms with Crippen molar-refractivity contribution in [1.82, 2.24) is 10.2 Å². The number of anilines is 1. The summed E-state index contributed by atoms with van der Waals surface area (Å²) in [6.45, 7) is 6.90. The zero-order valence-electron chi connectivity index (χ0n) is 20.3. The molecule has 35 heavy (non-hydrogen) atoms. The van der Waals surface area contributed by atoms with Crippen LogP contribution in [0.25, 0.3) is 0 Å². The minimum atomic E-state index is -3.87. The Labute approximate surface area is 222 Å². The van der Waals surface area contributed by atoms with Crippen molar-refractivity contribution in [3.63, 3.8) is 0 Å². The fourth-order valence-corrected chi connectivity index (χ4v) is 4.67. The van der Waals surface area contributed by atoms with Crippen molar-refractivity contribution < 1.29 is 18.0 Å². The number of amides is 2. The highest BCUT2D eigenvalue weighted by molar-refractivity contribution is 7.92. The lowest BCUT2D eigenvalue weighted by molar-refractivity contribution is -0.141. The molecule has 2 aromatic carbocycles. The van der Waals surface area contributed by atoms with Crippen molar-refractivity contribution in [3.8, 4) is 0 Å². The number of nitrogens with one attached hydrogen (secondary N) is 1. The first-order valence-corrected chi connectivity index (χ1v) is 13.9. The second-order valence-corrected chi connectivity index (χ2v) is 12.3. The Morgan fingerprint density at radius 2 is 1.60 bits per heavy atom. The predicted molar refractivity (Wildman–Crippen MR) is 143 cm³/mol. The van der Waals surface area contributed by atoms with Gasteiger partial charge < -0.3 is 10.2 Å². The third-order valence-electron chi connectivity index (χ3n) is 5.02. The average Bonchev–Trinajstić information content (AvgIpc) is 2.73. The van der Waals surface area contributed by atoms with Crippen molar-refractivity contribution in [3.05, 3.63) is 63.1 Å². The maximum atomic E-state index is 13.6. The zero-order chi connectivity index (χ0) is 26.6. The molecular formula is C24H30Cl3N3O4S. The molecule has 2 aromatic rings. The summed E-state index contributed by atoms with van der Waals surface area (Å²) in [7, 11) is -3.87. The second-order valence-electron chi connectivity index (χ2n) is 9.18. The molecule has 0 spiro atoms. The summed E-state index contributed by atoms with van der Waals surface area (Å²) in [5, 5.41) is 3.85. The van der Waals surface area contributed by atoms with Crippen molar-refractivity contribution in [2.24, 2.45) is 0 Å². The van der Waals surface area contributed by atoms with Crippen LogP contribution in [0.4, 0.5) is 5.69 Å². The number of carbonyl (C=O) groups excluding carboxylic acids is 2. The maximum absolute atomic E-state index is 13.6. The predicted octanol–water partition coefficient (Wildman–Crippen LogP) is 5.13. The van der Waals surface area contributed by atoms with E-state index in [-0.39, 0.29) is 28.2 Å². The molecule has 0 heterocycles. The Balaban J connectivity index is 2.47. The van der Waals surface area contributed by atoms with E-state index in [0.29, 0.717) is 11.4 Å². The molecule has 1 unspecified atom stereocenters. The number of rotatable bonds is 9. The Morgan fingerprint density at radius 1 is 1.00 bits per heavy atom. The van der Waals surface area contributed by atoms with Gasteiger partial charge >= 0.3 is 0 Å². The fourth-order valence-electron chi connectivity index (χ4n) is 3.41.